The summed E-state index contributed by atoms with van der Waals surface area (Å²) in [7, 11) is 2.10. The smallest absolute Gasteiger partial charge is 0.0558 e. The molecule has 1 saturated carbocycles. The first-order valence-corrected chi connectivity index (χ1v) is 6.12. The van der Waals surface area contributed by atoms with Crippen LogP contribution in [0.25, 0.3) is 0 Å². The Labute approximate surface area is 88.3 Å². The first kappa shape index (κ1) is 12.0. The second-order valence-corrected chi connectivity index (χ2v) is 4.67. The van der Waals surface area contributed by atoms with Crippen LogP contribution in [0.15, 0.2) is 0 Å². The van der Waals surface area contributed by atoms with E-state index in [-0.39, 0.29) is 0 Å². The van der Waals surface area contributed by atoms with Crippen molar-refractivity contribution in [2.24, 2.45) is 5.92 Å². The van der Waals surface area contributed by atoms with Gasteiger partial charge in [-0.3, -0.25) is 0 Å². The van der Waals surface area contributed by atoms with Gasteiger partial charge >= 0.3 is 0 Å². The average Bonchev–Trinajstić information content (AvgIpc) is 2.43. The standard InChI is InChI=1S/C12H25NO/c1-13(10-11-14)9-8-12-6-4-2-3-5-7-12/h12,14H,2-11H2,1H3. The number of hydrogen-bond acceptors (Lipinski definition) is 2. The van der Waals surface area contributed by atoms with Crippen molar-refractivity contribution >= 4 is 0 Å². The van der Waals surface area contributed by atoms with Crippen molar-refractivity contribution in [2.75, 3.05) is 26.7 Å². The van der Waals surface area contributed by atoms with E-state index in [4.69, 9.17) is 5.11 Å². The molecule has 1 fully saturated rings. The molecule has 1 N–H and O–H groups in total. The van der Waals surface area contributed by atoms with Crippen LogP contribution >= 0.6 is 0 Å². The highest BCUT2D eigenvalue weighted by atomic mass is 16.3. The van der Waals surface area contributed by atoms with E-state index < -0.39 is 0 Å². The highest BCUT2D eigenvalue weighted by Gasteiger charge is 2.12. The largest absolute Gasteiger partial charge is 0.395 e. The van der Waals surface area contributed by atoms with Crippen molar-refractivity contribution in [3.8, 4) is 0 Å². The Morgan fingerprint density at radius 2 is 1.71 bits per heavy atom. The number of aliphatic hydroxyl groups excluding tert-OH is 1. The summed E-state index contributed by atoms with van der Waals surface area (Å²) in [6, 6.07) is 0. The van der Waals surface area contributed by atoms with Crippen molar-refractivity contribution in [1.82, 2.24) is 4.90 Å². The van der Waals surface area contributed by atoms with Gasteiger partial charge in [0.2, 0.25) is 0 Å². The molecule has 0 heterocycles. The van der Waals surface area contributed by atoms with Crippen molar-refractivity contribution in [3.05, 3.63) is 0 Å². The van der Waals surface area contributed by atoms with Crippen molar-refractivity contribution in [3.63, 3.8) is 0 Å². The van der Waals surface area contributed by atoms with Gasteiger partial charge in [-0.15, -0.1) is 0 Å². The van der Waals surface area contributed by atoms with E-state index in [9.17, 15) is 0 Å². The molecule has 2 nitrogen and oxygen atoms in total. The molecule has 14 heavy (non-hydrogen) atoms. The second-order valence-electron chi connectivity index (χ2n) is 4.67. The van der Waals surface area contributed by atoms with Crippen LogP contribution in [0.1, 0.15) is 44.9 Å². The molecule has 0 amide bonds. The number of rotatable bonds is 5. The van der Waals surface area contributed by atoms with E-state index in [0.29, 0.717) is 6.61 Å². The zero-order chi connectivity index (χ0) is 10.2. The first-order valence-electron chi connectivity index (χ1n) is 6.12. The Hall–Kier alpha value is -0.0800. The maximum atomic E-state index is 8.78. The molecule has 0 aromatic rings. The molecule has 0 atom stereocenters. The molecule has 0 spiro atoms. The minimum absolute atomic E-state index is 0.293. The molecule has 84 valence electrons. The van der Waals surface area contributed by atoms with Crippen LogP contribution in [0.3, 0.4) is 0 Å². The van der Waals surface area contributed by atoms with Gasteiger partial charge in [0.05, 0.1) is 6.61 Å². The SMILES string of the molecule is CN(CCO)CCC1CCCCCC1. The second kappa shape index (κ2) is 7.24. The molecule has 0 saturated heterocycles. The Bertz CT molecular complexity index is 130. The lowest BCUT2D eigenvalue weighted by Crippen LogP contribution is -2.24. The van der Waals surface area contributed by atoms with Crippen LogP contribution in [0, 0.1) is 5.92 Å². The fourth-order valence-electron chi connectivity index (χ4n) is 2.34. The van der Waals surface area contributed by atoms with E-state index in [1.807, 2.05) is 0 Å². The summed E-state index contributed by atoms with van der Waals surface area (Å²) in [6.07, 6.45) is 9.98. The molecule has 0 bridgehead atoms. The third kappa shape index (κ3) is 4.97. The molecule has 2 heteroatoms. The van der Waals surface area contributed by atoms with Gasteiger partial charge in [0.15, 0.2) is 0 Å². The Morgan fingerprint density at radius 1 is 1.07 bits per heavy atom. The maximum absolute atomic E-state index is 8.78. The summed E-state index contributed by atoms with van der Waals surface area (Å²) in [4.78, 5) is 2.24. The van der Waals surface area contributed by atoms with Gasteiger partial charge in [0.1, 0.15) is 0 Å². The summed E-state index contributed by atoms with van der Waals surface area (Å²) in [6.45, 7) is 2.28. The van der Waals surface area contributed by atoms with E-state index in [2.05, 4.69) is 11.9 Å². The zero-order valence-corrected chi connectivity index (χ0v) is 9.54. The molecular weight excluding hydrogens is 174 g/mol. The van der Waals surface area contributed by atoms with Crippen LogP contribution in [0.4, 0.5) is 0 Å². The van der Waals surface area contributed by atoms with Gasteiger partial charge in [0, 0.05) is 6.54 Å². The average molecular weight is 199 g/mol. The van der Waals surface area contributed by atoms with E-state index in [1.54, 1.807) is 0 Å². The molecule has 0 aromatic carbocycles. The summed E-state index contributed by atoms with van der Waals surface area (Å²) in [5.41, 5.74) is 0. The quantitative estimate of drug-likeness (QED) is 0.687. The summed E-state index contributed by atoms with van der Waals surface area (Å²) in [5.74, 6) is 0.957. The van der Waals surface area contributed by atoms with Crippen LogP contribution in [-0.4, -0.2) is 36.8 Å². The maximum Gasteiger partial charge on any atom is 0.0558 e. The van der Waals surface area contributed by atoms with Crippen molar-refractivity contribution in [1.29, 1.82) is 0 Å². The molecule has 0 radical (unpaired) electrons. The van der Waals surface area contributed by atoms with Crippen molar-refractivity contribution in [2.45, 2.75) is 44.9 Å². The Morgan fingerprint density at radius 3 is 2.29 bits per heavy atom. The fourth-order valence-corrected chi connectivity index (χ4v) is 2.34. The number of aliphatic hydroxyl groups is 1. The van der Waals surface area contributed by atoms with Crippen LogP contribution in [-0.2, 0) is 0 Å². The predicted molar refractivity (Wildman–Crippen MR) is 60.4 cm³/mol. The molecule has 1 aliphatic rings. The summed E-state index contributed by atoms with van der Waals surface area (Å²) < 4.78 is 0. The third-order valence-corrected chi connectivity index (χ3v) is 3.38. The van der Waals surface area contributed by atoms with Gasteiger partial charge in [-0.2, -0.15) is 0 Å². The topological polar surface area (TPSA) is 23.5 Å². The van der Waals surface area contributed by atoms with Gasteiger partial charge < -0.3 is 10.0 Å². The zero-order valence-electron chi connectivity index (χ0n) is 9.54. The van der Waals surface area contributed by atoms with Crippen molar-refractivity contribution < 1.29 is 5.11 Å². The minimum atomic E-state index is 0.293. The normalized spacial score (nSPS) is 19.9. The first-order chi connectivity index (χ1) is 6.83. The third-order valence-electron chi connectivity index (χ3n) is 3.38. The van der Waals surface area contributed by atoms with Gasteiger partial charge in [0.25, 0.3) is 0 Å². The van der Waals surface area contributed by atoms with E-state index in [1.165, 1.54) is 44.9 Å². The lowest BCUT2D eigenvalue weighted by Gasteiger charge is -2.19. The van der Waals surface area contributed by atoms with Gasteiger partial charge in [-0.1, -0.05) is 38.5 Å². The number of nitrogens with zero attached hydrogens (tertiary/aromatic N) is 1. The summed E-state index contributed by atoms with van der Waals surface area (Å²) >= 11 is 0. The van der Waals surface area contributed by atoms with Crippen LogP contribution < -0.4 is 0 Å². The van der Waals surface area contributed by atoms with Crippen LogP contribution in [0.5, 0.6) is 0 Å². The van der Waals surface area contributed by atoms with Gasteiger partial charge in [-0.05, 0) is 25.9 Å². The minimum Gasteiger partial charge on any atom is -0.395 e. The lowest BCUT2D eigenvalue weighted by molar-refractivity contribution is 0.210. The molecule has 0 aromatic heterocycles. The Kier molecular flexibility index (Phi) is 6.20. The molecular formula is C12H25NO. The number of likely N-dealkylation sites (N-methyl/N-ethyl adjacent to an activating group) is 1. The van der Waals surface area contributed by atoms with Gasteiger partial charge in [-0.25, -0.2) is 0 Å². The highest BCUT2D eigenvalue weighted by molar-refractivity contribution is 4.66. The predicted octanol–water partition coefficient (Wildman–Crippen LogP) is 2.27. The highest BCUT2D eigenvalue weighted by Crippen LogP contribution is 2.25. The fraction of sp³-hybridized carbons (Fsp3) is 1.00. The Balaban J connectivity index is 2.09. The number of hydrogen-bond donors (Lipinski definition) is 1. The molecule has 0 unspecified atom stereocenters. The monoisotopic (exact) mass is 199 g/mol. The van der Waals surface area contributed by atoms with E-state index in [0.717, 1.165) is 19.0 Å². The van der Waals surface area contributed by atoms with E-state index >= 15 is 0 Å². The lowest BCUT2D eigenvalue weighted by atomic mass is 9.96. The molecule has 1 aliphatic carbocycles. The molecule has 0 aliphatic heterocycles. The summed E-state index contributed by atoms with van der Waals surface area (Å²) in [5, 5.41) is 8.78. The van der Waals surface area contributed by atoms with Crippen LogP contribution in [0.2, 0.25) is 0 Å². The molecule has 1 rings (SSSR count).